The van der Waals surface area contributed by atoms with Gasteiger partial charge in [-0.05, 0) is 0 Å². The third-order valence-electron chi connectivity index (χ3n) is 5.45. The van der Waals surface area contributed by atoms with E-state index in [1.165, 1.54) is 21.1 Å². The normalized spacial score (nSPS) is 45.3. The van der Waals surface area contributed by atoms with E-state index in [0.717, 1.165) is 0 Å². The van der Waals surface area contributed by atoms with Gasteiger partial charge in [-0.25, -0.2) is 4.79 Å². The first-order valence-corrected chi connectivity index (χ1v) is 9.38. The van der Waals surface area contributed by atoms with E-state index in [1.54, 1.807) is 0 Å². The van der Waals surface area contributed by atoms with E-state index in [9.17, 15) is 30.3 Å². The molecule has 5 N–H and O–H groups in total. The summed E-state index contributed by atoms with van der Waals surface area (Å²) in [7, 11) is 2.63. The van der Waals surface area contributed by atoms with E-state index in [1.807, 2.05) is 0 Å². The molecule has 3 saturated heterocycles. The maximum atomic E-state index is 11.3. The predicted molar refractivity (Wildman–Crippen MR) is 92.0 cm³/mol. The number of carbonyl (C=O) groups is 1. The van der Waals surface area contributed by atoms with Crippen molar-refractivity contribution in [3.8, 4) is 0 Å². The van der Waals surface area contributed by atoms with Crippen LogP contribution in [0.2, 0.25) is 0 Å². The minimum Gasteiger partial charge on any atom is -0.477 e. The lowest BCUT2D eigenvalue weighted by Gasteiger charge is -2.48. The van der Waals surface area contributed by atoms with Crippen molar-refractivity contribution in [2.24, 2.45) is 0 Å². The maximum absolute atomic E-state index is 11.3. The van der Waals surface area contributed by atoms with Gasteiger partial charge in [-0.15, -0.1) is 0 Å². The number of carboxylic acid groups (broad SMARTS) is 1. The van der Waals surface area contributed by atoms with E-state index in [0.29, 0.717) is 0 Å². The van der Waals surface area contributed by atoms with Gasteiger partial charge in [-0.3, -0.25) is 0 Å². The Morgan fingerprint density at radius 2 is 1.80 bits per heavy atom. The van der Waals surface area contributed by atoms with E-state index in [2.05, 4.69) is 0 Å². The SMILES string of the molecule is COC(OC)C(O)C1OCC(O)C1OC1OC2COC(C)(C(=O)O)OC2C(O)C1O. The first-order valence-electron chi connectivity index (χ1n) is 9.38. The Kier molecular flexibility index (Phi) is 7.31. The Bertz CT molecular complexity index is 598. The van der Waals surface area contributed by atoms with Gasteiger partial charge in [0.15, 0.2) is 12.6 Å². The molecule has 13 nitrogen and oxygen atoms in total. The Morgan fingerprint density at radius 3 is 2.40 bits per heavy atom. The van der Waals surface area contributed by atoms with Crippen molar-refractivity contribution in [1.29, 1.82) is 0 Å². The summed E-state index contributed by atoms with van der Waals surface area (Å²) in [4.78, 5) is 11.3. The molecule has 3 aliphatic heterocycles. The summed E-state index contributed by atoms with van der Waals surface area (Å²) in [6.45, 7) is 0.767. The minimum absolute atomic E-state index is 0.160. The van der Waals surface area contributed by atoms with E-state index < -0.39 is 73.2 Å². The molecule has 0 aliphatic carbocycles. The molecular formula is C17H28O13. The number of aliphatic hydroxyl groups is 4. The zero-order valence-corrected chi connectivity index (χ0v) is 16.7. The fourth-order valence-corrected chi connectivity index (χ4v) is 3.71. The molecule has 13 heteroatoms. The third kappa shape index (κ3) is 4.33. The second-order valence-electron chi connectivity index (χ2n) is 7.46. The molecule has 3 aliphatic rings. The first kappa shape index (κ1) is 23.7. The van der Waals surface area contributed by atoms with Crippen LogP contribution < -0.4 is 0 Å². The highest BCUT2D eigenvalue weighted by Gasteiger charge is 2.56. The zero-order chi connectivity index (χ0) is 22.2. The van der Waals surface area contributed by atoms with Crippen molar-refractivity contribution < 1.29 is 63.5 Å². The Balaban J connectivity index is 1.70. The fraction of sp³-hybridized carbons (Fsp3) is 0.941. The van der Waals surface area contributed by atoms with Gasteiger partial charge >= 0.3 is 5.97 Å². The average molecular weight is 440 g/mol. The molecule has 0 radical (unpaired) electrons. The fourth-order valence-electron chi connectivity index (χ4n) is 3.71. The quantitative estimate of drug-likeness (QED) is 0.249. The van der Waals surface area contributed by atoms with Gasteiger partial charge in [0, 0.05) is 21.1 Å². The van der Waals surface area contributed by atoms with Crippen LogP contribution in [0, 0.1) is 0 Å². The van der Waals surface area contributed by atoms with E-state index in [-0.39, 0.29) is 13.2 Å². The number of carboxylic acids is 1. The van der Waals surface area contributed by atoms with Crippen molar-refractivity contribution in [3.63, 3.8) is 0 Å². The van der Waals surface area contributed by atoms with Crippen LogP contribution in [0.1, 0.15) is 6.92 Å². The number of hydrogen-bond acceptors (Lipinski definition) is 12. The average Bonchev–Trinajstić information content (AvgIpc) is 3.07. The first-order chi connectivity index (χ1) is 14.1. The Hall–Kier alpha value is -0.970. The lowest BCUT2D eigenvalue weighted by atomic mass is 9.97. The molecule has 0 saturated carbocycles. The van der Waals surface area contributed by atoms with Crippen LogP contribution in [0.3, 0.4) is 0 Å². The van der Waals surface area contributed by atoms with Crippen LogP contribution in [-0.4, -0.2) is 126 Å². The molecule has 0 amide bonds. The Labute approximate surface area is 171 Å². The smallest absolute Gasteiger partial charge is 0.364 e. The zero-order valence-electron chi connectivity index (χ0n) is 16.7. The van der Waals surface area contributed by atoms with Gasteiger partial charge in [0.05, 0.1) is 13.2 Å². The second-order valence-corrected chi connectivity index (χ2v) is 7.46. The predicted octanol–water partition coefficient (Wildman–Crippen LogP) is -3.23. The molecule has 0 aromatic rings. The molecule has 0 aromatic carbocycles. The lowest BCUT2D eigenvalue weighted by molar-refractivity contribution is -0.385. The highest BCUT2D eigenvalue weighted by molar-refractivity contribution is 5.75. The van der Waals surface area contributed by atoms with Gasteiger partial charge in [0.2, 0.25) is 0 Å². The third-order valence-corrected chi connectivity index (χ3v) is 5.45. The second kappa shape index (κ2) is 9.26. The number of rotatable bonds is 7. The molecule has 10 atom stereocenters. The van der Waals surface area contributed by atoms with Gasteiger partial charge < -0.3 is 58.7 Å². The van der Waals surface area contributed by atoms with Crippen molar-refractivity contribution in [1.82, 2.24) is 0 Å². The highest BCUT2D eigenvalue weighted by atomic mass is 16.8. The molecule has 3 rings (SSSR count). The van der Waals surface area contributed by atoms with Crippen LogP contribution in [0.15, 0.2) is 0 Å². The van der Waals surface area contributed by atoms with Crippen LogP contribution >= 0.6 is 0 Å². The summed E-state index contributed by atoms with van der Waals surface area (Å²) in [5, 5.41) is 50.8. The summed E-state index contributed by atoms with van der Waals surface area (Å²) >= 11 is 0. The van der Waals surface area contributed by atoms with Crippen LogP contribution in [0.25, 0.3) is 0 Å². The molecule has 0 aromatic heterocycles. The number of aliphatic carboxylic acids is 1. The molecule has 0 spiro atoms. The van der Waals surface area contributed by atoms with E-state index in [4.69, 9.17) is 33.2 Å². The van der Waals surface area contributed by atoms with Gasteiger partial charge in [0.1, 0.15) is 48.8 Å². The van der Waals surface area contributed by atoms with Crippen LogP contribution in [-0.2, 0) is 38.0 Å². The minimum atomic E-state index is -2.00. The molecule has 10 unspecified atom stereocenters. The Morgan fingerprint density at radius 1 is 1.13 bits per heavy atom. The number of fused-ring (bicyclic) bond motifs is 1. The molecule has 30 heavy (non-hydrogen) atoms. The number of ether oxygens (including phenoxy) is 7. The van der Waals surface area contributed by atoms with Crippen molar-refractivity contribution in [3.05, 3.63) is 0 Å². The maximum Gasteiger partial charge on any atom is 0.364 e. The topological polar surface area (TPSA) is 183 Å². The summed E-state index contributed by atoms with van der Waals surface area (Å²) in [5.41, 5.74) is 0. The van der Waals surface area contributed by atoms with Crippen LogP contribution in [0.5, 0.6) is 0 Å². The molecule has 3 heterocycles. The molecule has 0 bridgehead atoms. The highest BCUT2D eigenvalue weighted by Crippen LogP contribution is 2.35. The summed E-state index contributed by atoms with van der Waals surface area (Å²) < 4.78 is 37.2. The van der Waals surface area contributed by atoms with E-state index >= 15 is 0 Å². The molecule has 3 fully saturated rings. The van der Waals surface area contributed by atoms with Crippen molar-refractivity contribution in [2.75, 3.05) is 27.4 Å². The number of aliphatic hydroxyl groups excluding tert-OH is 4. The monoisotopic (exact) mass is 440 g/mol. The summed E-state index contributed by atoms with van der Waals surface area (Å²) in [6.07, 6.45) is -12.6. The van der Waals surface area contributed by atoms with Crippen molar-refractivity contribution in [2.45, 2.75) is 74.1 Å². The number of hydrogen-bond donors (Lipinski definition) is 5. The van der Waals surface area contributed by atoms with Crippen molar-refractivity contribution >= 4 is 5.97 Å². The van der Waals surface area contributed by atoms with Gasteiger partial charge in [-0.1, -0.05) is 0 Å². The summed E-state index contributed by atoms with van der Waals surface area (Å²) in [5.74, 6) is -3.39. The molecule has 174 valence electrons. The largest absolute Gasteiger partial charge is 0.477 e. The molecular weight excluding hydrogens is 412 g/mol. The number of methoxy groups -OCH3 is 2. The standard InChI is InChI=1S/C17H28O13/c1-17(16(22)23)27-5-7-12(30-17)8(19)9(20)15(28-7)29-11-6(18)4-26-13(11)10(21)14(24-2)25-3/h6-15,18-21H,4-5H2,1-3H3,(H,22,23). The van der Waals surface area contributed by atoms with Gasteiger partial charge in [-0.2, -0.15) is 0 Å². The van der Waals surface area contributed by atoms with Gasteiger partial charge in [0.25, 0.3) is 5.79 Å². The summed E-state index contributed by atoms with van der Waals surface area (Å²) in [6, 6.07) is 0. The van der Waals surface area contributed by atoms with Crippen LogP contribution in [0.4, 0.5) is 0 Å². The lowest BCUT2D eigenvalue weighted by Crippen LogP contribution is -2.67.